The summed E-state index contributed by atoms with van der Waals surface area (Å²) in [5, 5.41) is 3.20. The molecule has 0 spiro atoms. The first-order valence-corrected chi connectivity index (χ1v) is 8.29. The van der Waals surface area contributed by atoms with E-state index in [0.717, 1.165) is 32.5 Å². The van der Waals surface area contributed by atoms with E-state index >= 15 is 0 Å². The summed E-state index contributed by atoms with van der Waals surface area (Å²) >= 11 is 0. The maximum absolute atomic E-state index is 12.2. The van der Waals surface area contributed by atoms with Crippen molar-refractivity contribution in [1.29, 1.82) is 0 Å². The summed E-state index contributed by atoms with van der Waals surface area (Å²) in [6, 6.07) is 9.07. The van der Waals surface area contributed by atoms with Gasteiger partial charge in [0.2, 0.25) is 5.91 Å². The van der Waals surface area contributed by atoms with Gasteiger partial charge in [0.1, 0.15) is 0 Å². The van der Waals surface area contributed by atoms with Gasteiger partial charge < -0.3 is 5.32 Å². The number of carbonyl (C=O) groups excluding carboxylic acids is 1. The third-order valence-corrected chi connectivity index (χ3v) is 5.07. The standard InChI is InChI=1S/C18H26N2O/c1-14-5-2-3-6-16(14)13-20-11-9-15(10-12-20)18(21)19-17-7-4-8-17/h2-3,5-6,15,17H,4,7-13H2,1H3,(H,19,21). The first kappa shape index (κ1) is 14.6. The van der Waals surface area contributed by atoms with E-state index in [9.17, 15) is 4.79 Å². The average Bonchev–Trinajstić information content (AvgIpc) is 2.46. The summed E-state index contributed by atoms with van der Waals surface area (Å²) in [5.41, 5.74) is 2.78. The SMILES string of the molecule is Cc1ccccc1CN1CCC(C(=O)NC2CCC2)CC1. The number of likely N-dealkylation sites (tertiary alicyclic amines) is 1. The van der Waals surface area contributed by atoms with Gasteiger partial charge in [-0.3, -0.25) is 9.69 Å². The smallest absolute Gasteiger partial charge is 0.223 e. The molecule has 1 N–H and O–H groups in total. The molecule has 3 rings (SSSR count). The lowest BCUT2D eigenvalue weighted by atomic mass is 9.90. The molecule has 0 unspecified atom stereocenters. The highest BCUT2D eigenvalue weighted by Crippen LogP contribution is 2.23. The number of carbonyl (C=O) groups is 1. The van der Waals surface area contributed by atoms with E-state index in [4.69, 9.17) is 0 Å². The monoisotopic (exact) mass is 286 g/mol. The quantitative estimate of drug-likeness (QED) is 0.923. The molecule has 1 saturated heterocycles. The topological polar surface area (TPSA) is 32.3 Å². The van der Waals surface area contributed by atoms with Crippen molar-refractivity contribution >= 4 is 5.91 Å². The van der Waals surface area contributed by atoms with Crippen molar-refractivity contribution in [2.45, 2.75) is 51.6 Å². The summed E-state index contributed by atoms with van der Waals surface area (Å²) in [5.74, 6) is 0.536. The predicted octanol–water partition coefficient (Wildman–Crippen LogP) is 2.88. The number of hydrogen-bond donors (Lipinski definition) is 1. The Morgan fingerprint density at radius 2 is 1.90 bits per heavy atom. The van der Waals surface area contributed by atoms with Crippen molar-refractivity contribution in [2.24, 2.45) is 5.92 Å². The lowest BCUT2D eigenvalue weighted by Crippen LogP contribution is -2.45. The van der Waals surface area contributed by atoms with Gasteiger partial charge in [-0.15, -0.1) is 0 Å². The molecule has 1 saturated carbocycles. The highest BCUT2D eigenvalue weighted by atomic mass is 16.1. The number of nitrogens with one attached hydrogen (secondary N) is 1. The van der Waals surface area contributed by atoms with Crippen LogP contribution in [0.15, 0.2) is 24.3 Å². The lowest BCUT2D eigenvalue weighted by molar-refractivity contribution is -0.127. The summed E-state index contributed by atoms with van der Waals surface area (Å²) in [6.07, 6.45) is 5.64. The second-order valence-corrected chi connectivity index (χ2v) is 6.61. The highest BCUT2D eigenvalue weighted by molar-refractivity contribution is 5.79. The Kier molecular flexibility index (Phi) is 4.59. The van der Waals surface area contributed by atoms with Crippen LogP contribution in [0.4, 0.5) is 0 Å². The first-order valence-electron chi connectivity index (χ1n) is 8.29. The molecule has 1 aromatic rings. The van der Waals surface area contributed by atoms with Gasteiger partial charge in [-0.25, -0.2) is 0 Å². The second kappa shape index (κ2) is 6.61. The lowest BCUT2D eigenvalue weighted by Gasteiger charge is -2.34. The summed E-state index contributed by atoms with van der Waals surface area (Å²) in [7, 11) is 0. The Morgan fingerprint density at radius 3 is 2.52 bits per heavy atom. The molecule has 1 amide bonds. The van der Waals surface area contributed by atoms with Crippen LogP contribution < -0.4 is 5.32 Å². The molecule has 1 heterocycles. The third kappa shape index (κ3) is 3.65. The van der Waals surface area contributed by atoms with Crippen molar-refractivity contribution in [1.82, 2.24) is 10.2 Å². The van der Waals surface area contributed by atoms with E-state index < -0.39 is 0 Å². The Balaban J connectivity index is 1.46. The van der Waals surface area contributed by atoms with Crippen molar-refractivity contribution < 1.29 is 4.79 Å². The van der Waals surface area contributed by atoms with E-state index in [0.29, 0.717) is 11.9 Å². The molecule has 0 bridgehead atoms. The maximum Gasteiger partial charge on any atom is 0.223 e. The number of piperidine rings is 1. The average molecular weight is 286 g/mol. The van der Waals surface area contributed by atoms with Crippen LogP contribution in [0.1, 0.15) is 43.2 Å². The van der Waals surface area contributed by atoms with Gasteiger partial charge >= 0.3 is 0 Å². The molecule has 1 aliphatic heterocycles. The molecule has 1 aliphatic carbocycles. The molecular formula is C18H26N2O. The minimum atomic E-state index is 0.235. The fourth-order valence-electron chi connectivity index (χ4n) is 3.25. The van der Waals surface area contributed by atoms with E-state index in [1.165, 1.54) is 30.4 Å². The minimum Gasteiger partial charge on any atom is -0.353 e. The van der Waals surface area contributed by atoms with Gasteiger partial charge in [-0.1, -0.05) is 24.3 Å². The van der Waals surface area contributed by atoms with Crippen LogP contribution in [-0.2, 0) is 11.3 Å². The van der Waals surface area contributed by atoms with Gasteiger partial charge in [0, 0.05) is 18.5 Å². The Hall–Kier alpha value is -1.35. The maximum atomic E-state index is 12.2. The van der Waals surface area contributed by atoms with E-state index in [1.54, 1.807) is 0 Å². The van der Waals surface area contributed by atoms with Crippen LogP contribution in [0, 0.1) is 12.8 Å². The summed E-state index contributed by atoms with van der Waals surface area (Å²) in [4.78, 5) is 14.7. The van der Waals surface area contributed by atoms with E-state index in [2.05, 4.69) is 41.4 Å². The molecule has 3 nitrogen and oxygen atoms in total. The van der Waals surface area contributed by atoms with Gasteiger partial charge in [0.15, 0.2) is 0 Å². The van der Waals surface area contributed by atoms with Gasteiger partial charge in [0.05, 0.1) is 0 Å². The zero-order valence-corrected chi connectivity index (χ0v) is 13.0. The Morgan fingerprint density at radius 1 is 1.19 bits per heavy atom. The van der Waals surface area contributed by atoms with E-state index in [1.807, 2.05) is 0 Å². The van der Waals surface area contributed by atoms with Crippen LogP contribution in [0.25, 0.3) is 0 Å². The molecular weight excluding hydrogens is 260 g/mol. The van der Waals surface area contributed by atoms with Gasteiger partial charge in [0.25, 0.3) is 0 Å². The number of rotatable bonds is 4. The third-order valence-electron chi connectivity index (χ3n) is 5.07. The van der Waals surface area contributed by atoms with Crippen LogP contribution in [0.2, 0.25) is 0 Å². The number of amides is 1. The normalized spacial score (nSPS) is 21.0. The molecule has 0 atom stereocenters. The second-order valence-electron chi connectivity index (χ2n) is 6.61. The molecule has 2 fully saturated rings. The molecule has 114 valence electrons. The molecule has 0 radical (unpaired) electrons. The van der Waals surface area contributed by atoms with Gasteiger partial charge in [-0.2, -0.15) is 0 Å². The van der Waals surface area contributed by atoms with Crippen molar-refractivity contribution in [3.05, 3.63) is 35.4 Å². The van der Waals surface area contributed by atoms with E-state index in [-0.39, 0.29) is 5.92 Å². The predicted molar refractivity (Wildman–Crippen MR) is 85.0 cm³/mol. The number of hydrogen-bond acceptors (Lipinski definition) is 2. The Bertz CT molecular complexity index is 488. The molecule has 3 heteroatoms. The largest absolute Gasteiger partial charge is 0.353 e. The fourth-order valence-corrected chi connectivity index (χ4v) is 3.25. The fraction of sp³-hybridized carbons (Fsp3) is 0.611. The first-order chi connectivity index (χ1) is 10.2. The zero-order valence-electron chi connectivity index (χ0n) is 13.0. The molecule has 2 aliphatic rings. The number of nitrogens with zero attached hydrogens (tertiary/aromatic N) is 1. The van der Waals surface area contributed by atoms with Gasteiger partial charge in [-0.05, 0) is 63.2 Å². The van der Waals surface area contributed by atoms with Crippen LogP contribution in [0.5, 0.6) is 0 Å². The summed E-state index contributed by atoms with van der Waals surface area (Å²) < 4.78 is 0. The van der Waals surface area contributed by atoms with Crippen LogP contribution in [-0.4, -0.2) is 29.9 Å². The van der Waals surface area contributed by atoms with Crippen molar-refractivity contribution in [3.8, 4) is 0 Å². The van der Waals surface area contributed by atoms with Crippen LogP contribution >= 0.6 is 0 Å². The Labute approximate surface area is 127 Å². The molecule has 1 aromatic carbocycles. The minimum absolute atomic E-state index is 0.235. The molecule has 0 aromatic heterocycles. The molecule has 21 heavy (non-hydrogen) atoms. The highest BCUT2D eigenvalue weighted by Gasteiger charge is 2.28. The van der Waals surface area contributed by atoms with Crippen LogP contribution in [0.3, 0.4) is 0 Å². The number of aryl methyl sites for hydroxylation is 1. The van der Waals surface area contributed by atoms with Crippen molar-refractivity contribution in [2.75, 3.05) is 13.1 Å². The number of benzene rings is 1. The summed E-state index contributed by atoms with van der Waals surface area (Å²) in [6.45, 7) is 5.27. The zero-order chi connectivity index (χ0) is 14.7. The van der Waals surface area contributed by atoms with Crippen molar-refractivity contribution in [3.63, 3.8) is 0 Å².